The van der Waals surface area contributed by atoms with Gasteiger partial charge in [0.2, 0.25) is 0 Å². The summed E-state index contributed by atoms with van der Waals surface area (Å²) in [6.07, 6.45) is -4.25. The fraction of sp³-hybridized carbons (Fsp3) is 0.200. The van der Waals surface area contributed by atoms with Crippen LogP contribution in [0.15, 0.2) is 60.7 Å². The molecule has 1 amide bonds. The van der Waals surface area contributed by atoms with Gasteiger partial charge in [0, 0.05) is 23.7 Å². The number of carboxylic acids is 1. The van der Waals surface area contributed by atoms with Crippen molar-refractivity contribution >= 4 is 17.7 Å². The first kappa shape index (κ1) is 23.2. The van der Waals surface area contributed by atoms with Crippen LogP contribution in [-0.4, -0.2) is 46.6 Å². The van der Waals surface area contributed by atoms with E-state index in [-0.39, 0.29) is 18.2 Å². The number of carboxylic acid groups (broad SMARTS) is 1. The predicted molar refractivity (Wildman–Crippen MR) is 122 cm³/mol. The lowest BCUT2D eigenvalue weighted by molar-refractivity contribution is 0.0165. The highest BCUT2D eigenvalue weighted by molar-refractivity contribution is 5.93. The molecule has 9 heteroatoms. The minimum atomic E-state index is -1.80. The average Bonchev–Trinajstić information content (AvgIpc) is 3.14. The summed E-state index contributed by atoms with van der Waals surface area (Å²) in [4.78, 5) is 23.5. The topological polar surface area (TPSA) is 142 Å². The minimum absolute atomic E-state index is 0.0626. The molecule has 0 fully saturated rings. The van der Waals surface area contributed by atoms with E-state index < -0.39 is 47.8 Å². The number of amides is 1. The van der Waals surface area contributed by atoms with Crippen molar-refractivity contribution in [1.29, 1.82) is 0 Å². The highest BCUT2D eigenvalue weighted by atomic mass is 19.1. The molecule has 0 bridgehead atoms. The number of nitrogens with two attached hydrogens (primary N) is 1. The van der Waals surface area contributed by atoms with Crippen molar-refractivity contribution in [1.82, 2.24) is 5.32 Å². The first-order chi connectivity index (χ1) is 16.3. The lowest BCUT2D eigenvalue weighted by atomic mass is 9.98. The monoisotopic (exact) mass is 466 g/mol. The molecule has 2 unspecified atom stereocenters. The number of halogens is 1. The van der Waals surface area contributed by atoms with Crippen LogP contribution in [0, 0.1) is 5.82 Å². The number of hydrogen-bond donors (Lipinski definition) is 5. The number of alkyl carbamates (subject to hydrolysis) is 1. The van der Waals surface area contributed by atoms with Gasteiger partial charge in [-0.3, -0.25) is 0 Å². The Bertz CT molecular complexity index is 1200. The number of aliphatic hydroxyl groups excluding tert-OH is 2. The zero-order chi connectivity index (χ0) is 24.4. The van der Waals surface area contributed by atoms with Crippen LogP contribution in [0.1, 0.15) is 39.1 Å². The third-order valence-corrected chi connectivity index (χ3v) is 5.88. The third-order valence-electron chi connectivity index (χ3n) is 5.88. The molecule has 0 spiro atoms. The lowest BCUT2D eigenvalue weighted by Crippen LogP contribution is -2.36. The van der Waals surface area contributed by atoms with Crippen molar-refractivity contribution in [2.45, 2.75) is 18.1 Å². The van der Waals surface area contributed by atoms with E-state index in [2.05, 4.69) is 5.32 Å². The molecule has 0 aromatic heterocycles. The summed E-state index contributed by atoms with van der Waals surface area (Å²) in [6, 6.07) is 17.3. The Hall–Kier alpha value is -3.95. The molecule has 3 aromatic carbocycles. The normalized spacial score (nSPS) is 14.1. The van der Waals surface area contributed by atoms with Gasteiger partial charge < -0.3 is 31.1 Å². The van der Waals surface area contributed by atoms with Crippen LogP contribution in [0.2, 0.25) is 0 Å². The second kappa shape index (κ2) is 9.50. The molecule has 3 aromatic rings. The molecule has 1 aliphatic rings. The Morgan fingerprint density at radius 2 is 1.62 bits per heavy atom. The molecule has 34 heavy (non-hydrogen) atoms. The molecule has 0 aliphatic heterocycles. The van der Waals surface area contributed by atoms with Gasteiger partial charge in [-0.25, -0.2) is 14.0 Å². The van der Waals surface area contributed by atoms with Crippen LogP contribution in [0.5, 0.6) is 0 Å². The molecule has 0 radical (unpaired) electrons. The van der Waals surface area contributed by atoms with Crippen LogP contribution in [-0.2, 0) is 4.74 Å². The molecule has 2 atom stereocenters. The Morgan fingerprint density at radius 1 is 1.03 bits per heavy atom. The second-order valence-electron chi connectivity index (χ2n) is 7.98. The largest absolute Gasteiger partial charge is 0.478 e. The number of anilines is 1. The second-order valence-corrected chi connectivity index (χ2v) is 7.98. The molecule has 8 nitrogen and oxygen atoms in total. The Kier molecular flexibility index (Phi) is 6.49. The van der Waals surface area contributed by atoms with E-state index in [9.17, 15) is 24.2 Å². The van der Waals surface area contributed by atoms with Crippen molar-refractivity contribution in [3.8, 4) is 11.1 Å². The molecule has 0 heterocycles. The lowest BCUT2D eigenvalue weighted by Gasteiger charge is -2.20. The predicted octanol–water partition coefficient (Wildman–Crippen LogP) is 3.04. The molecule has 176 valence electrons. The maximum absolute atomic E-state index is 14.2. The van der Waals surface area contributed by atoms with Crippen molar-refractivity contribution in [2.75, 3.05) is 18.9 Å². The summed E-state index contributed by atoms with van der Waals surface area (Å²) in [5.41, 5.74) is 8.54. The molecule has 1 aliphatic carbocycles. The number of hydrogen-bond acceptors (Lipinski definition) is 6. The van der Waals surface area contributed by atoms with Crippen LogP contribution in [0.25, 0.3) is 11.1 Å². The Balaban J connectivity index is 1.37. The number of ether oxygens (including phenoxy) is 1. The fourth-order valence-corrected chi connectivity index (χ4v) is 4.17. The molecule has 0 saturated carbocycles. The van der Waals surface area contributed by atoms with Gasteiger partial charge in [0.05, 0.1) is 5.56 Å². The number of carbonyl (C=O) groups is 2. The van der Waals surface area contributed by atoms with Crippen LogP contribution >= 0.6 is 0 Å². The van der Waals surface area contributed by atoms with E-state index in [1.54, 1.807) is 0 Å². The van der Waals surface area contributed by atoms with Gasteiger partial charge in [0.1, 0.15) is 24.6 Å². The molecular weight excluding hydrogens is 443 g/mol. The quantitative estimate of drug-likeness (QED) is 0.337. The van der Waals surface area contributed by atoms with E-state index in [4.69, 9.17) is 15.6 Å². The van der Waals surface area contributed by atoms with E-state index in [0.29, 0.717) is 0 Å². The van der Waals surface area contributed by atoms with Crippen molar-refractivity contribution < 1.29 is 34.0 Å². The van der Waals surface area contributed by atoms with E-state index in [1.807, 2.05) is 48.5 Å². The number of aromatic carboxylic acids is 1. The van der Waals surface area contributed by atoms with Crippen molar-refractivity contribution in [2.24, 2.45) is 0 Å². The summed E-state index contributed by atoms with van der Waals surface area (Å²) in [7, 11) is 0. The van der Waals surface area contributed by atoms with Gasteiger partial charge in [-0.05, 0) is 34.4 Å². The van der Waals surface area contributed by atoms with E-state index in [0.717, 1.165) is 34.4 Å². The summed E-state index contributed by atoms with van der Waals surface area (Å²) < 4.78 is 19.5. The van der Waals surface area contributed by atoms with Gasteiger partial charge in [0.25, 0.3) is 0 Å². The van der Waals surface area contributed by atoms with Gasteiger partial charge in [-0.15, -0.1) is 0 Å². The van der Waals surface area contributed by atoms with Crippen LogP contribution < -0.4 is 11.1 Å². The van der Waals surface area contributed by atoms with Crippen LogP contribution in [0.4, 0.5) is 14.9 Å². The minimum Gasteiger partial charge on any atom is -0.478 e. The van der Waals surface area contributed by atoms with Gasteiger partial charge in [0.15, 0.2) is 0 Å². The van der Waals surface area contributed by atoms with Crippen LogP contribution in [0.3, 0.4) is 0 Å². The number of nitrogens with one attached hydrogen (secondary N) is 1. The van der Waals surface area contributed by atoms with Gasteiger partial charge in [-0.2, -0.15) is 0 Å². The number of benzene rings is 3. The number of carbonyl (C=O) groups excluding carboxylic acids is 1. The molecule has 6 N–H and O–H groups in total. The SMILES string of the molecule is Nc1cc(F)c(C(O)C(O)CNC(=O)OCC2c3ccccc3-c3ccccc32)cc1C(=O)O. The summed E-state index contributed by atoms with van der Waals surface area (Å²) in [5.74, 6) is -2.53. The molecule has 4 rings (SSSR count). The first-order valence-electron chi connectivity index (χ1n) is 10.5. The zero-order valence-corrected chi connectivity index (χ0v) is 17.9. The zero-order valence-electron chi connectivity index (χ0n) is 17.9. The first-order valence-corrected chi connectivity index (χ1v) is 10.5. The summed E-state index contributed by atoms with van der Waals surface area (Å²) >= 11 is 0. The van der Waals surface area contributed by atoms with Gasteiger partial charge in [-0.1, -0.05) is 48.5 Å². The third kappa shape index (κ3) is 4.43. The van der Waals surface area contributed by atoms with Crippen molar-refractivity contribution in [3.05, 3.63) is 88.7 Å². The Morgan fingerprint density at radius 3 is 2.21 bits per heavy atom. The maximum atomic E-state index is 14.2. The standard InChI is InChI=1S/C25H23FN2O6/c26-20-10-21(27)18(24(31)32)9-17(20)23(30)22(29)11-28-25(33)34-12-19-15-7-3-1-5-13(15)14-6-2-4-8-16(14)19/h1-10,19,22-23,29-30H,11-12,27H2,(H,28,33)(H,31,32). The maximum Gasteiger partial charge on any atom is 0.407 e. The molecule has 0 saturated heterocycles. The highest BCUT2D eigenvalue weighted by Gasteiger charge is 2.29. The van der Waals surface area contributed by atoms with Gasteiger partial charge >= 0.3 is 12.1 Å². The fourth-order valence-electron chi connectivity index (χ4n) is 4.17. The number of fused-ring (bicyclic) bond motifs is 3. The number of aliphatic hydroxyl groups is 2. The summed E-state index contributed by atoms with van der Waals surface area (Å²) in [6.45, 7) is -0.392. The smallest absolute Gasteiger partial charge is 0.407 e. The van der Waals surface area contributed by atoms with Crippen molar-refractivity contribution in [3.63, 3.8) is 0 Å². The summed E-state index contributed by atoms with van der Waals surface area (Å²) in [5, 5.41) is 32.0. The average molecular weight is 466 g/mol. The number of nitrogen functional groups attached to an aromatic ring is 1. The number of rotatable bonds is 7. The molecular formula is C25H23FN2O6. The van der Waals surface area contributed by atoms with E-state index in [1.165, 1.54) is 0 Å². The van der Waals surface area contributed by atoms with E-state index >= 15 is 0 Å². The Labute approximate surface area is 194 Å². The highest BCUT2D eigenvalue weighted by Crippen LogP contribution is 2.44.